The number of hydrogen-bond donors (Lipinski definition) is 4. The third-order valence-electron chi connectivity index (χ3n) is 3.01. The number of aromatic hydroxyl groups is 1. The van der Waals surface area contributed by atoms with Crippen molar-refractivity contribution in [1.29, 1.82) is 5.26 Å². The van der Waals surface area contributed by atoms with E-state index in [1.165, 1.54) is 6.20 Å². The van der Waals surface area contributed by atoms with E-state index in [0.29, 0.717) is 16.5 Å². The molecule has 0 saturated carbocycles. The Bertz CT molecular complexity index is 763. The molecule has 6 nitrogen and oxygen atoms in total. The zero-order valence-corrected chi connectivity index (χ0v) is 11.7. The number of anilines is 1. The summed E-state index contributed by atoms with van der Waals surface area (Å²) < 4.78 is 0. The van der Waals surface area contributed by atoms with Gasteiger partial charge in [-0.3, -0.25) is 4.79 Å². The van der Waals surface area contributed by atoms with Crippen LogP contribution in [0.25, 0.3) is 10.8 Å². The van der Waals surface area contributed by atoms with Crippen LogP contribution in [0.5, 0.6) is 5.75 Å². The first kappa shape index (κ1) is 15.4. The summed E-state index contributed by atoms with van der Waals surface area (Å²) >= 11 is 0. The number of phenols is 1. The molecule has 0 aromatic heterocycles. The van der Waals surface area contributed by atoms with Crippen LogP contribution in [0.1, 0.15) is 0 Å². The number of nitrogens with zero attached hydrogens (tertiary/aromatic N) is 1. The van der Waals surface area contributed by atoms with E-state index in [9.17, 15) is 9.90 Å². The second kappa shape index (κ2) is 7.11. The largest absolute Gasteiger partial charge is 0.507 e. The minimum absolute atomic E-state index is 0.0978. The topological polar surface area (TPSA) is 105 Å². The maximum atomic E-state index is 12.1. The first-order chi connectivity index (χ1) is 10.7. The van der Waals surface area contributed by atoms with Crippen molar-refractivity contribution in [2.45, 2.75) is 0 Å². The number of carbonyl (C=O) groups is 1. The first-order valence-electron chi connectivity index (χ1n) is 6.64. The highest BCUT2D eigenvalue weighted by Gasteiger charge is 2.11. The predicted molar refractivity (Wildman–Crippen MR) is 83.0 cm³/mol. The molecule has 2 aromatic carbocycles. The van der Waals surface area contributed by atoms with E-state index in [0.717, 1.165) is 0 Å². The summed E-state index contributed by atoms with van der Waals surface area (Å²) in [4.78, 5) is 12.1. The summed E-state index contributed by atoms with van der Waals surface area (Å²) in [6, 6.07) is 11.9. The van der Waals surface area contributed by atoms with Gasteiger partial charge in [-0.05, 0) is 12.1 Å². The zero-order chi connectivity index (χ0) is 15.9. The molecule has 112 valence electrons. The molecule has 6 heteroatoms. The fraction of sp³-hybridized carbons (Fsp3) is 0.125. The SMILES string of the molecule is N#C/C(=C/NCCO)C(=O)Nc1cccc2c(O)cccc12. The van der Waals surface area contributed by atoms with Crippen LogP contribution in [0.2, 0.25) is 0 Å². The molecule has 0 radical (unpaired) electrons. The number of nitrogens with one attached hydrogen (secondary N) is 2. The number of phenolic OH excluding ortho intramolecular Hbond substituents is 1. The zero-order valence-electron chi connectivity index (χ0n) is 11.7. The molecule has 0 unspecified atom stereocenters. The first-order valence-corrected chi connectivity index (χ1v) is 6.64. The average molecular weight is 297 g/mol. The molecule has 0 fully saturated rings. The summed E-state index contributed by atoms with van der Waals surface area (Å²) in [5.41, 5.74) is 0.396. The molecule has 4 N–H and O–H groups in total. The standard InChI is InChI=1S/C16H15N3O3/c17-9-11(10-18-7-8-20)16(22)19-14-5-1-4-13-12(14)3-2-6-15(13)21/h1-6,10,18,20-21H,7-8H2,(H,19,22)/b11-10-. The van der Waals surface area contributed by atoms with Crippen molar-refractivity contribution < 1.29 is 15.0 Å². The van der Waals surface area contributed by atoms with Crippen molar-refractivity contribution in [3.63, 3.8) is 0 Å². The number of fused-ring (bicyclic) bond motifs is 1. The highest BCUT2D eigenvalue weighted by Crippen LogP contribution is 2.29. The molecule has 0 aliphatic carbocycles. The number of nitriles is 1. The van der Waals surface area contributed by atoms with Gasteiger partial charge in [0, 0.05) is 29.2 Å². The van der Waals surface area contributed by atoms with Crippen LogP contribution in [-0.2, 0) is 4.79 Å². The number of aliphatic hydroxyl groups excluding tert-OH is 1. The van der Waals surface area contributed by atoms with E-state index in [2.05, 4.69) is 10.6 Å². The molecule has 0 saturated heterocycles. The van der Waals surface area contributed by atoms with Gasteiger partial charge in [0.05, 0.1) is 6.61 Å². The Labute approximate surface area is 127 Å². The Balaban J connectivity index is 2.27. The molecular weight excluding hydrogens is 282 g/mol. The molecule has 0 spiro atoms. The van der Waals surface area contributed by atoms with Crippen LogP contribution >= 0.6 is 0 Å². The van der Waals surface area contributed by atoms with Gasteiger partial charge in [0.25, 0.3) is 5.91 Å². The van der Waals surface area contributed by atoms with E-state index in [4.69, 9.17) is 10.4 Å². The van der Waals surface area contributed by atoms with Gasteiger partial charge in [-0.15, -0.1) is 0 Å². The van der Waals surface area contributed by atoms with Crippen LogP contribution in [0.15, 0.2) is 48.2 Å². The predicted octanol–water partition coefficient (Wildman–Crippen LogP) is 1.47. The van der Waals surface area contributed by atoms with E-state index in [1.54, 1.807) is 42.5 Å². The van der Waals surface area contributed by atoms with Crippen LogP contribution in [-0.4, -0.2) is 29.3 Å². The van der Waals surface area contributed by atoms with Crippen LogP contribution in [0.3, 0.4) is 0 Å². The van der Waals surface area contributed by atoms with Crippen LogP contribution < -0.4 is 10.6 Å². The summed E-state index contributed by atoms with van der Waals surface area (Å²) in [6.45, 7) is 0.153. The molecule has 0 bridgehead atoms. The van der Waals surface area contributed by atoms with E-state index in [1.807, 2.05) is 0 Å². The molecule has 2 rings (SSSR count). The van der Waals surface area contributed by atoms with Crippen molar-refractivity contribution in [1.82, 2.24) is 5.32 Å². The summed E-state index contributed by atoms with van der Waals surface area (Å²) in [7, 11) is 0. The van der Waals surface area contributed by atoms with E-state index >= 15 is 0 Å². The number of carbonyl (C=O) groups excluding carboxylic acids is 1. The van der Waals surface area contributed by atoms with Crippen molar-refractivity contribution in [2.24, 2.45) is 0 Å². The molecule has 0 aliphatic heterocycles. The number of benzene rings is 2. The molecule has 1 amide bonds. The summed E-state index contributed by atoms with van der Waals surface area (Å²) in [5.74, 6) is -0.446. The second-order valence-corrected chi connectivity index (χ2v) is 4.48. The highest BCUT2D eigenvalue weighted by molar-refractivity contribution is 6.11. The van der Waals surface area contributed by atoms with E-state index in [-0.39, 0.29) is 24.5 Å². The van der Waals surface area contributed by atoms with E-state index < -0.39 is 5.91 Å². The van der Waals surface area contributed by atoms with Gasteiger partial charge in [-0.2, -0.15) is 5.26 Å². The monoisotopic (exact) mass is 297 g/mol. The van der Waals surface area contributed by atoms with Gasteiger partial charge in [-0.25, -0.2) is 0 Å². The highest BCUT2D eigenvalue weighted by atomic mass is 16.3. The molecule has 0 aliphatic rings. The van der Waals surface area contributed by atoms with Gasteiger partial charge >= 0.3 is 0 Å². The average Bonchev–Trinajstić information content (AvgIpc) is 2.52. The Morgan fingerprint density at radius 3 is 2.68 bits per heavy atom. The molecular formula is C16H15N3O3. The summed E-state index contributed by atoms with van der Waals surface area (Å²) in [6.07, 6.45) is 1.26. The third kappa shape index (κ3) is 3.34. The van der Waals surface area contributed by atoms with Crippen molar-refractivity contribution >= 4 is 22.4 Å². The smallest absolute Gasteiger partial charge is 0.267 e. The maximum absolute atomic E-state index is 12.1. The van der Waals surface area contributed by atoms with Gasteiger partial charge in [-0.1, -0.05) is 24.3 Å². The lowest BCUT2D eigenvalue weighted by molar-refractivity contribution is -0.112. The minimum Gasteiger partial charge on any atom is -0.507 e. The van der Waals surface area contributed by atoms with Crippen molar-refractivity contribution in [3.05, 3.63) is 48.2 Å². The number of hydrogen-bond acceptors (Lipinski definition) is 5. The van der Waals surface area contributed by atoms with Crippen molar-refractivity contribution in [3.8, 4) is 11.8 Å². The minimum atomic E-state index is -0.566. The lowest BCUT2D eigenvalue weighted by atomic mass is 10.1. The number of rotatable bonds is 5. The number of amides is 1. The second-order valence-electron chi connectivity index (χ2n) is 4.48. The lowest BCUT2D eigenvalue weighted by Crippen LogP contribution is -2.18. The Hall–Kier alpha value is -3.04. The Morgan fingerprint density at radius 1 is 1.23 bits per heavy atom. The molecule has 2 aromatic rings. The normalized spacial score (nSPS) is 11.0. The van der Waals surface area contributed by atoms with Crippen LogP contribution in [0.4, 0.5) is 5.69 Å². The Morgan fingerprint density at radius 2 is 1.95 bits per heavy atom. The van der Waals surface area contributed by atoms with Gasteiger partial charge in [0.15, 0.2) is 0 Å². The van der Waals surface area contributed by atoms with Gasteiger partial charge in [0.2, 0.25) is 0 Å². The van der Waals surface area contributed by atoms with Gasteiger partial charge < -0.3 is 20.8 Å². The van der Waals surface area contributed by atoms with Crippen LogP contribution in [0, 0.1) is 11.3 Å². The maximum Gasteiger partial charge on any atom is 0.267 e. The fourth-order valence-corrected chi connectivity index (χ4v) is 1.98. The lowest BCUT2D eigenvalue weighted by Gasteiger charge is -2.09. The fourth-order valence-electron chi connectivity index (χ4n) is 1.98. The third-order valence-corrected chi connectivity index (χ3v) is 3.01. The molecule has 0 atom stereocenters. The molecule has 22 heavy (non-hydrogen) atoms. The van der Waals surface area contributed by atoms with Crippen molar-refractivity contribution in [2.75, 3.05) is 18.5 Å². The van der Waals surface area contributed by atoms with Gasteiger partial charge in [0.1, 0.15) is 17.4 Å². The number of aliphatic hydroxyl groups is 1. The quantitative estimate of drug-likeness (QED) is 0.380. The molecule has 0 heterocycles. The Kier molecular flexibility index (Phi) is 4.96. The summed E-state index contributed by atoms with van der Waals surface area (Å²) in [5, 5.41) is 34.1.